The molecule has 2 unspecified atom stereocenters. The molecule has 1 heterocycles. The van der Waals surface area contributed by atoms with E-state index >= 15 is 0 Å². The molecule has 0 saturated carbocycles. The Labute approximate surface area is 166 Å². The number of carbonyl (C=O) groups is 1. The molecule has 0 radical (unpaired) electrons. The minimum atomic E-state index is -0.333. The lowest BCUT2D eigenvalue weighted by molar-refractivity contribution is -0.122. The summed E-state index contributed by atoms with van der Waals surface area (Å²) in [4.78, 5) is 12.3. The Hall–Kier alpha value is -2.70. The van der Waals surface area contributed by atoms with Crippen LogP contribution in [0, 0.1) is 0 Å². The summed E-state index contributed by atoms with van der Waals surface area (Å²) in [5.41, 5.74) is 12.2. The van der Waals surface area contributed by atoms with Gasteiger partial charge in [0.25, 0.3) is 5.91 Å². The molecule has 0 aliphatic carbocycles. The monoisotopic (exact) mass is 380 g/mol. The fourth-order valence-electron chi connectivity index (χ4n) is 3.05. The van der Waals surface area contributed by atoms with E-state index in [9.17, 15) is 4.79 Å². The highest BCUT2D eigenvalue weighted by atomic mass is 16.5. The smallest absolute Gasteiger partial charge is 0.258 e. The van der Waals surface area contributed by atoms with Gasteiger partial charge in [-0.05, 0) is 48.1 Å². The lowest BCUT2D eigenvalue weighted by atomic mass is 10.0. The molecule has 1 saturated heterocycles. The van der Waals surface area contributed by atoms with Crippen LogP contribution in [-0.4, -0.2) is 24.8 Å². The number of carbonyl (C=O) groups excluding carboxylic acids is 1. The van der Waals surface area contributed by atoms with Crippen molar-refractivity contribution >= 4 is 12.1 Å². The Balaban J connectivity index is 1.48. The van der Waals surface area contributed by atoms with E-state index in [0.717, 1.165) is 29.7 Å². The minimum Gasteiger partial charge on any atom is -0.494 e. The molecule has 1 fully saturated rings. The van der Waals surface area contributed by atoms with Crippen molar-refractivity contribution < 1.29 is 9.53 Å². The summed E-state index contributed by atoms with van der Waals surface area (Å²) >= 11 is 0. The Morgan fingerprint density at radius 1 is 1.14 bits per heavy atom. The number of hydrogen-bond acceptors (Lipinski definition) is 5. The van der Waals surface area contributed by atoms with Crippen molar-refractivity contribution in [2.45, 2.75) is 45.2 Å². The van der Waals surface area contributed by atoms with Gasteiger partial charge in [-0.3, -0.25) is 4.79 Å². The predicted molar refractivity (Wildman–Crippen MR) is 111 cm³/mol. The average molecular weight is 380 g/mol. The maximum atomic E-state index is 12.3. The molecule has 28 heavy (non-hydrogen) atoms. The van der Waals surface area contributed by atoms with Crippen LogP contribution in [0.15, 0.2) is 53.6 Å². The van der Waals surface area contributed by atoms with Crippen LogP contribution in [0.3, 0.4) is 0 Å². The molecular weight excluding hydrogens is 352 g/mol. The Morgan fingerprint density at radius 2 is 1.89 bits per heavy atom. The number of amides is 1. The van der Waals surface area contributed by atoms with Crippen LogP contribution in [0.1, 0.15) is 49.4 Å². The second-order valence-corrected chi connectivity index (χ2v) is 6.88. The number of hydrazine groups is 1. The van der Waals surface area contributed by atoms with E-state index in [1.54, 1.807) is 6.21 Å². The molecule has 6 heteroatoms. The van der Waals surface area contributed by atoms with Crippen molar-refractivity contribution in [1.82, 2.24) is 16.3 Å². The number of benzene rings is 2. The molecule has 148 valence electrons. The van der Waals surface area contributed by atoms with E-state index in [2.05, 4.69) is 47.4 Å². The van der Waals surface area contributed by atoms with E-state index in [0.29, 0.717) is 13.0 Å². The zero-order valence-electron chi connectivity index (χ0n) is 16.4. The third-order valence-corrected chi connectivity index (χ3v) is 4.75. The molecule has 1 aliphatic heterocycles. The van der Waals surface area contributed by atoms with Crippen molar-refractivity contribution in [2.24, 2.45) is 5.10 Å². The highest BCUT2D eigenvalue weighted by molar-refractivity contribution is 5.85. The van der Waals surface area contributed by atoms with Crippen LogP contribution in [0.25, 0.3) is 0 Å². The SMILES string of the molecule is CCCOc1ccc(C2CC(C(=O)N/N=C/c3ccc(CC)cc3)NN2)cc1. The molecule has 0 bridgehead atoms. The summed E-state index contributed by atoms with van der Waals surface area (Å²) in [5.74, 6) is 0.714. The third-order valence-electron chi connectivity index (χ3n) is 4.75. The maximum absolute atomic E-state index is 12.3. The number of hydrogen-bond donors (Lipinski definition) is 3. The summed E-state index contributed by atoms with van der Waals surface area (Å²) in [5, 5.41) is 4.07. The van der Waals surface area contributed by atoms with Crippen LogP contribution in [0.4, 0.5) is 0 Å². The number of hydrazone groups is 1. The summed E-state index contributed by atoms with van der Waals surface area (Å²) in [6.07, 6.45) is 4.30. The lowest BCUT2D eigenvalue weighted by Crippen LogP contribution is -2.41. The summed E-state index contributed by atoms with van der Waals surface area (Å²) in [6.45, 7) is 4.92. The molecule has 0 aromatic heterocycles. The van der Waals surface area contributed by atoms with Gasteiger partial charge in [-0.2, -0.15) is 5.10 Å². The number of ether oxygens (including phenoxy) is 1. The first-order valence-electron chi connectivity index (χ1n) is 9.85. The molecular formula is C22H28N4O2. The Kier molecular flexibility index (Phi) is 7.17. The highest BCUT2D eigenvalue weighted by Crippen LogP contribution is 2.24. The van der Waals surface area contributed by atoms with Crippen molar-refractivity contribution in [3.8, 4) is 5.75 Å². The molecule has 0 spiro atoms. The zero-order chi connectivity index (χ0) is 19.8. The molecule has 3 rings (SSSR count). The van der Waals surface area contributed by atoms with Gasteiger partial charge in [-0.15, -0.1) is 0 Å². The van der Waals surface area contributed by atoms with Crippen LogP contribution in [0.2, 0.25) is 0 Å². The van der Waals surface area contributed by atoms with Gasteiger partial charge >= 0.3 is 0 Å². The van der Waals surface area contributed by atoms with Gasteiger partial charge in [0.15, 0.2) is 0 Å². The quantitative estimate of drug-likeness (QED) is 0.486. The van der Waals surface area contributed by atoms with Gasteiger partial charge in [0.1, 0.15) is 11.8 Å². The number of rotatable bonds is 8. The van der Waals surface area contributed by atoms with E-state index in [-0.39, 0.29) is 18.0 Å². The fourth-order valence-corrected chi connectivity index (χ4v) is 3.05. The van der Waals surface area contributed by atoms with Crippen molar-refractivity contribution in [3.63, 3.8) is 0 Å². The minimum absolute atomic E-state index is 0.0709. The molecule has 2 aromatic carbocycles. The van der Waals surface area contributed by atoms with E-state index in [4.69, 9.17) is 4.74 Å². The van der Waals surface area contributed by atoms with Crippen molar-refractivity contribution in [2.75, 3.05) is 6.61 Å². The topological polar surface area (TPSA) is 74.8 Å². The number of aryl methyl sites for hydroxylation is 1. The molecule has 1 aliphatic rings. The van der Waals surface area contributed by atoms with E-state index < -0.39 is 0 Å². The largest absolute Gasteiger partial charge is 0.494 e. The highest BCUT2D eigenvalue weighted by Gasteiger charge is 2.30. The van der Waals surface area contributed by atoms with Crippen LogP contribution in [0.5, 0.6) is 5.75 Å². The Morgan fingerprint density at radius 3 is 2.57 bits per heavy atom. The second kappa shape index (κ2) is 10.0. The first-order chi connectivity index (χ1) is 13.7. The van der Waals surface area contributed by atoms with Gasteiger partial charge in [0, 0.05) is 6.04 Å². The fraction of sp³-hybridized carbons (Fsp3) is 0.364. The van der Waals surface area contributed by atoms with Gasteiger partial charge in [0.2, 0.25) is 0 Å². The van der Waals surface area contributed by atoms with Gasteiger partial charge in [-0.25, -0.2) is 16.3 Å². The second-order valence-electron chi connectivity index (χ2n) is 6.88. The molecule has 2 aromatic rings. The van der Waals surface area contributed by atoms with Gasteiger partial charge < -0.3 is 4.74 Å². The normalized spacial score (nSPS) is 19.1. The third kappa shape index (κ3) is 5.41. The van der Waals surface area contributed by atoms with Crippen LogP contribution in [-0.2, 0) is 11.2 Å². The van der Waals surface area contributed by atoms with Gasteiger partial charge in [0.05, 0.1) is 12.8 Å². The molecule has 6 nitrogen and oxygen atoms in total. The summed E-state index contributed by atoms with van der Waals surface area (Å²) in [7, 11) is 0. The molecule has 3 N–H and O–H groups in total. The van der Waals surface area contributed by atoms with E-state index in [1.807, 2.05) is 36.4 Å². The van der Waals surface area contributed by atoms with Crippen LogP contribution >= 0.6 is 0 Å². The van der Waals surface area contributed by atoms with Gasteiger partial charge in [-0.1, -0.05) is 50.2 Å². The standard InChI is InChI=1S/C22H28N4O2/c1-3-13-28-19-11-9-18(10-12-19)20-14-21(25-24-20)22(27)26-23-15-17-7-5-16(4-2)6-8-17/h5-12,15,20-21,24-25H,3-4,13-14H2,1-2H3,(H,26,27)/b23-15+. The van der Waals surface area contributed by atoms with E-state index in [1.165, 1.54) is 5.56 Å². The molecule has 1 amide bonds. The maximum Gasteiger partial charge on any atom is 0.258 e. The predicted octanol–water partition coefficient (Wildman–Crippen LogP) is 3.10. The average Bonchev–Trinajstić information content (AvgIpc) is 3.23. The first-order valence-corrected chi connectivity index (χ1v) is 9.85. The molecule has 2 atom stereocenters. The van der Waals surface area contributed by atoms with Crippen molar-refractivity contribution in [1.29, 1.82) is 0 Å². The number of nitrogens with one attached hydrogen (secondary N) is 3. The van der Waals surface area contributed by atoms with Crippen molar-refractivity contribution in [3.05, 3.63) is 65.2 Å². The summed E-state index contributed by atoms with van der Waals surface area (Å²) < 4.78 is 5.61. The number of nitrogens with zero attached hydrogens (tertiary/aromatic N) is 1. The van der Waals surface area contributed by atoms with Crippen LogP contribution < -0.4 is 21.0 Å². The summed E-state index contributed by atoms with van der Waals surface area (Å²) in [6, 6.07) is 15.8. The Bertz CT molecular complexity index is 787. The lowest BCUT2D eigenvalue weighted by Gasteiger charge is -2.11. The zero-order valence-corrected chi connectivity index (χ0v) is 16.4. The first kappa shape index (κ1) is 20.0.